The summed E-state index contributed by atoms with van der Waals surface area (Å²) in [6.07, 6.45) is 0. The van der Waals surface area contributed by atoms with Crippen LogP contribution in [0.3, 0.4) is 0 Å². The molecule has 0 aliphatic carbocycles. The molecule has 2 rings (SSSR count). The SMILES string of the molecule is Cc1ccc([C@H](C)NC(=O)c2ccc(C(C)(C)C)cc2)cc1C. The van der Waals surface area contributed by atoms with Gasteiger partial charge in [0.25, 0.3) is 5.91 Å². The van der Waals surface area contributed by atoms with Crippen molar-refractivity contribution in [1.82, 2.24) is 5.32 Å². The fourth-order valence-corrected chi connectivity index (χ4v) is 2.52. The number of hydrogen-bond acceptors (Lipinski definition) is 1. The van der Waals surface area contributed by atoms with Gasteiger partial charge in [-0.15, -0.1) is 0 Å². The summed E-state index contributed by atoms with van der Waals surface area (Å²) in [5.74, 6) is -0.0313. The first-order chi connectivity index (χ1) is 10.7. The van der Waals surface area contributed by atoms with E-state index in [4.69, 9.17) is 0 Å². The number of nitrogens with one attached hydrogen (secondary N) is 1. The van der Waals surface area contributed by atoms with Crippen LogP contribution in [0.15, 0.2) is 42.5 Å². The molecular formula is C21H27NO. The minimum absolute atomic E-state index is 0.0101. The Hall–Kier alpha value is -2.09. The summed E-state index contributed by atoms with van der Waals surface area (Å²) >= 11 is 0. The van der Waals surface area contributed by atoms with Crippen LogP contribution in [0.5, 0.6) is 0 Å². The van der Waals surface area contributed by atoms with Crippen molar-refractivity contribution >= 4 is 5.91 Å². The maximum atomic E-state index is 12.4. The molecule has 2 aromatic rings. The molecule has 2 heteroatoms. The van der Waals surface area contributed by atoms with E-state index >= 15 is 0 Å². The van der Waals surface area contributed by atoms with Crippen molar-refractivity contribution in [2.24, 2.45) is 0 Å². The zero-order valence-electron chi connectivity index (χ0n) is 15.0. The monoisotopic (exact) mass is 309 g/mol. The molecule has 1 N–H and O–H groups in total. The Bertz CT molecular complexity index is 693. The van der Waals surface area contributed by atoms with Crippen molar-refractivity contribution < 1.29 is 4.79 Å². The lowest BCUT2D eigenvalue weighted by molar-refractivity contribution is 0.0940. The Morgan fingerprint density at radius 2 is 1.57 bits per heavy atom. The Labute approximate surface area is 139 Å². The van der Waals surface area contributed by atoms with Crippen molar-refractivity contribution in [3.05, 3.63) is 70.3 Å². The Morgan fingerprint density at radius 1 is 0.957 bits per heavy atom. The fraction of sp³-hybridized carbons (Fsp3) is 0.381. The quantitative estimate of drug-likeness (QED) is 0.840. The van der Waals surface area contributed by atoms with Crippen LogP contribution in [0.2, 0.25) is 0 Å². The molecule has 0 radical (unpaired) electrons. The average molecular weight is 309 g/mol. The summed E-state index contributed by atoms with van der Waals surface area (Å²) in [5.41, 5.74) is 5.68. The normalized spacial score (nSPS) is 12.8. The van der Waals surface area contributed by atoms with Crippen LogP contribution in [0.25, 0.3) is 0 Å². The molecule has 0 bridgehead atoms. The first kappa shape index (κ1) is 17.3. The number of benzene rings is 2. The van der Waals surface area contributed by atoms with Gasteiger partial charge in [0.15, 0.2) is 0 Å². The van der Waals surface area contributed by atoms with Crippen LogP contribution in [-0.4, -0.2) is 5.91 Å². The van der Waals surface area contributed by atoms with Gasteiger partial charge < -0.3 is 5.32 Å². The molecular weight excluding hydrogens is 282 g/mol. The summed E-state index contributed by atoms with van der Waals surface area (Å²) in [6.45, 7) is 12.7. The smallest absolute Gasteiger partial charge is 0.251 e. The summed E-state index contributed by atoms with van der Waals surface area (Å²) in [5, 5.41) is 3.08. The molecule has 0 aromatic heterocycles. The number of hydrogen-bond donors (Lipinski definition) is 1. The first-order valence-electron chi connectivity index (χ1n) is 8.17. The maximum Gasteiger partial charge on any atom is 0.251 e. The minimum Gasteiger partial charge on any atom is -0.346 e. The lowest BCUT2D eigenvalue weighted by Gasteiger charge is -2.19. The molecule has 0 aliphatic rings. The van der Waals surface area contributed by atoms with Crippen molar-refractivity contribution in [2.45, 2.75) is 53.0 Å². The molecule has 0 heterocycles. The molecule has 1 amide bonds. The molecule has 23 heavy (non-hydrogen) atoms. The molecule has 122 valence electrons. The van der Waals surface area contributed by atoms with Gasteiger partial charge in [0.2, 0.25) is 0 Å². The van der Waals surface area contributed by atoms with Gasteiger partial charge >= 0.3 is 0 Å². The zero-order valence-corrected chi connectivity index (χ0v) is 15.0. The maximum absolute atomic E-state index is 12.4. The standard InChI is InChI=1S/C21H27NO/c1-14-7-8-18(13-15(14)2)16(3)22-20(23)17-9-11-19(12-10-17)21(4,5)6/h7-13,16H,1-6H3,(H,22,23)/t16-/m0/s1. The van der Waals surface area contributed by atoms with E-state index in [0.29, 0.717) is 5.56 Å². The van der Waals surface area contributed by atoms with E-state index in [2.05, 4.69) is 58.1 Å². The molecule has 0 fully saturated rings. The summed E-state index contributed by atoms with van der Waals surface area (Å²) in [6, 6.07) is 14.2. The molecule has 0 unspecified atom stereocenters. The third kappa shape index (κ3) is 4.22. The van der Waals surface area contributed by atoms with E-state index in [1.165, 1.54) is 16.7 Å². The predicted octanol–water partition coefficient (Wildman–Crippen LogP) is 5.09. The lowest BCUT2D eigenvalue weighted by Crippen LogP contribution is -2.26. The number of aryl methyl sites for hydroxylation is 2. The first-order valence-corrected chi connectivity index (χ1v) is 8.17. The van der Waals surface area contributed by atoms with Crippen molar-refractivity contribution in [3.8, 4) is 0 Å². The van der Waals surface area contributed by atoms with Crippen LogP contribution in [0.1, 0.15) is 66.3 Å². The molecule has 0 saturated heterocycles. The minimum atomic E-state index is -0.0313. The van der Waals surface area contributed by atoms with Crippen LogP contribution in [0.4, 0.5) is 0 Å². The van der Waals surface area contributed by atoms with Gasteiger partial charge in [0.1, 0.15) is 0 Å². The van der Waals surface area contributed by atoms with Gasteiger partial charge in [-0.1, -0.05) is 51.1 Å². The molecule has 0 spiro atoms. The van der Waals surface area contributed by atoms with Crippen molar-refractivity contribution in [3.63, 3.8) is 0 Å². The second kappa shape index (κ2) is 6.57. The molecule has 1 atom stereocenters. The van der Waals surface area contributed by atoms with E-state index in [1.807, 2.05) is 31.2 Å². The topological polar surface area (TPSA) is 29.1 Å². The predicted molar refractivity (Wildman–Crippen MR) is 96.9 cm³/mol. The summed E-state index contributed by atoms with van der Waals surface area (Å²) < 4.78 is 0. The number of amides is 1. The van der Waals surface area contributed by atoms with Crippen molar-refractivity contribution in [1.29, 1.82) is 0 Å². The van der Waals surface area contributed by atoms with Crippen LogP contribution in [0, 0.1) is 13.8 Å². The highest BCUT2D eigenvalue weighted by Crippen LogP contribution is 2.22. The lowest BCUT2D eigenvalue weighted by atomic mass is 9.86. The molecule has 0 saturated carbocycles. The van der Waals surface area contributed by atoms with Gasteiger partial charge in [-0.25, -0.2) is 0 Å². The van der Waals surface area contributed by atoms with Crippen LogP contribution >= 0.6 is 0 Å². The van der Waals surface area contributed by atoms with Crippen LogP contribution in [-0.2, 0) is 5.41 Å². The zero-order chi connectivity index (χ0) is 17.2. The molecule has 2 aromatic carbocycles. The highest BCUT2D eigenvalue weighted by Gasteiger charge is 2.15. The third-order valence-electron chi connectivity index (χ3n) is 4.39. The highest BCUT2D eigenvalue weighted by molar-refractivity contribution is 5.94. The van der Waals surface area contributed by atoms with Crippen LogP contribution < -0.4 is 5.32 Å². The second-order valence-electron chi connectivity index (χ2n) is 7.37. The molecule has 0 aliphatic heterocycles. The number of carbonyl (C=O) groups excluding carboxylic acids is 1. The number of carbonyl (C=O) groups is 1. The summed E-state index contributed by atoms with van der Waals surface area (Å²) in [7, 11) is 0. The Morgan fingerprint density at radius 3 is 2.09 bits per heavy atom. The van der Waals surface area contributed by atoms with Gasteiger partial charge in [-0.05, 0) is 60.6 Å². The van der Waals surface area contributed by atoms with Gasteiger partial charge in [-0.2, -0.15) is 0 Å². The third-order valence-corrected chi connectivity index (χ3v) is 4.39. The van der Waals surface area contributed by atoms with E-state index in [0.717, 1.165) is 5.56 Å². The fourth-order valence-electron chi connectivity index (χ4n) is 2.52. The van der Waals surface area contributed by atoms with E-state index < -0.39 is 0 Å². The Kier molecular flexibility index (Phi) is 4.93. The highest BCUT2D eigenvalue weighted by atomic mass is 16.1. The van der Waals surface area contributed by atoms with E-state index in [9.17, 15) is 4.79 Å². The number of rotatable bonds is 3. The average Bonchev–Trinajstić information content (AvgIpc) is 2.49. The molecule has 2 nitrogen and oxygen atoms in total. The largest absolute Gasteiger partial charge is 0.346 e. The van der Waals surface area contributed by atoms with E-state index in [1.54, 1.807) is 0 Å². The van der Waals surface area contributed by atoms with E-state index in [-0.39, 0.29) is 17.4 Å². The summed E-state index contributed by atoms with van der Waals surface area (Å²) in [4.78, 5) is 12.4. The Balaban J connectivity index is 2.10. The van der Waals surface area contributed by atoms with Gasteiger partial charge in [0.05, 0.1) is 6.04 Å². The van der Waals surface area contributed by atoms with Gasteiger partial charge in [0, 0.05) is 5.56 Å². The van der Waals surface area contributed by atoms with Gasteiger partial charge in [-0.3, -0.25) is 4.79 Å². The van der Waals surface area contributed by atoms with Crippen molar-refractivity contribution in [2.75, 3.05) is 0 Å². The second-order valence-corrected chi connectivity index (χ2v) is 7.37.